The van der Waals surface area contributed by atoms with Crippen LogP contribution in [-0.2, 0) is 6.54 Å². The molecule has 0 bridgehead atoms. The largest absolute Gasteiger partial charge is 0.366 e. The summed E-state index contributed by atoms with van der Waals surface area (Å²) in [5.41, 5.74) is 3.93. The van der Waals surface area contributed by atoms with Crippen molar-refractivity contribution in [1.82, 2.24) is 15.2 Å². The molecule has 0 aliphatic heterocycles. The quantitative estimate of drug-likeness (QED) is 0.391. The first-order chi connectivity index (χ1) is 15.6. The van der Waals surface area contributed by atoms with Crippen LogP contribution in [0.3, 0.4) is 0 Å². The predicted molar refractivity (Wildman–Crippen MR) is 120 cm³/mol. The fraction of sp³-hybridized carbons (Fsp3) is 0.0455. The van der Waals surface area contributed by atoms with Gasteiger partial charge in [0.05, 0.1) is 5.56 Å². The Morgan fingerprint density at radius 3 is 2.25 bits per heavy atom. The number of pyridine rings is 1. The third-order valence-electron chi connectivity index (χ3n) is 4.40. The molecule has 160 valence electrons. The van der Waals surface area contributed by atoms with E-state index >= 15 is 0 Å². The summed E-state index contributed by atoms with van der Waals surface area (Å²) in [5, 5.41) is 16.5. The summed E-state index contributed by atoms with van der Waals surface area (Å²) >= 11 is 1.23. The maximum Gasteiger partial charge on any atom is 0.259 e. The van der Waals surface area contributed by atoms with Gasteiger partial charge in [0.25, 0.3) is 11.8 Å². The second kappa shape index (κ2) is 9.75. The van der Waals surface area contributed by atoms with Crippen LogP contribution in [0.2, 0.25) is 0 Å². The molecule has 2 amide bonds. The number of nitrogens with zero attached hydrogens (tertiary/aromatic N) is 3. The molecule has 0 aliphatic carbocycles. The number of hydrogen-bond donors (Lipinski definition) is 3. The van der Waals surface area contributed by atoms with Crippen molar-refractivity contribution in [2.24, 2.45) is 0 Å². The van der Waals surface area contributed by atoms with Crippen LogP contribution in [-0.4, -0.2) is 27.0 Å². The molecule has 4 aromatic rings. The maximum absolute atomic E-state index is 13.0. The summed E-state index contributed by atoms with van der Waals surface area (Å²) in [5.74, 6) is -0.389. The number of amides is 2. The zero-order valence-electron chi connectivity index (χ0n) is 16.6. The summed E-state index contributed by atoms with van der Waals surface area (Å²) in [6, 6.07) is 16.0. The Balaban J connectivity index is 1.28. The van der Waals surface area contributed by atoms with Crippen LogP contribution in [0.1, 0.15) is 26.3 Å². The second-order valence-corrected chi connectivity index (χ2v) is 7.47. The number of hydrogen-bond acceptors (Lipinski definition) is 7. The fourth-order valence-corrected chi connectivity index (χ4v) is 3.17. The molecular weight excluding hydrogens is 431 g/mol. The topological polar surface area (TPSA) is 109 Å². The van der Waals surface area contributed by atoms with Gasteiger partial charge in [0.2, 0.25) is 5.13 Å². The lowest BCUT2D eigenvalue weighted by Gasteiger charge is -2.09. The van der Waals surface area contributed by atoms with Gasteiger partial charge in [-0.05, 0) is 54.1 Å². The van der Waals surface area contributed by atoms with Crippen LogP contribution in [0.25, 0.3) is 0 Å². The monoisotopic (exact) mass is 448 g/mol. The van der Waals surface area contributed by atoms with Gasteiger partial charge in [-0.15, -0.1) is 10.2 Å². The number of halogens is 1. The number of benzene rings is 2. The zero-order valence-corrected chi connectivity index (χ0v) is 17.4. The number of carbonyl (C=O) groups is 2. The Morgan fingerprint density at radius 2 is 1.59 bits per heavy atom. The molecule has 4 rings (SSSR count). The van der Waals surface area contributed by atoms with Crippen molar-refractivity contribution in [1.29, 1.82) is 0 Å². The van der Waals surface area contributed by atoms with Crippen molar-refractivity contribution in [3.63, 3.8) is 0 Å². The van der Waals surface area contributed by atoms with Gasteiger partial charge < -0.3 is 10.6 Å². The van der Waals surface area contributed by atoms with E-state index in [2.05, 4.69) is 31.1 Å². The average Bonchev–Trinajstić information content (AvgIpc) is 3.32. The molecule has 0 spiro atoms. The van der Waals surface area contributed by atoms with Gasteiger partial charge in [-0.3, -0.25) is 14.9 Å². The highest BCUT2D eigenvalue weighted by molar-refractivity contribution is 7.13. The fourth-order valence-electron chi connectivity index (χ4n) is 2.73. The first-order valence-electron chi connectivity index (χ1n) is 9.50. The molecule has 3 N–H and O–H groups in total. The predicted octanol–water partition coefficient (Wildman–Crippen LogP) is 4.19. The highest BCUT2D eigenvalue weighted by Crippen LogP contribution is 2.15. The first kappa shape index (κ1) is 21.1. The molecule has 0 radical (unpaired) electrons. The summed E-state index contributed by atoms with van der Waals surface area (Å²) < 4.78 is 13.0. The molecule has 0 saturated carbocycles. The Kier molecular flexibility index (Phi) is 6.42. The van der Waals surface area contributed by atoms with Crippen molar-refractivity contribution < 1.29 is 14.0 Å². The number of anilines is 3. The molecule has 2 aromatic heterocycles. The van der Waals surface area contributed by atoms with E-state index < -0.39 is 0 Å². The summed E-state index contributed by atoms with van der Waals surface area (Å²) in [4.78, 5) is 28.6. The van der Waals surface area contributed by atoms with Gasteiger partial charge in [0, 0.05) is 24.0 Å². The Bertz CT molecular complexity index is 1200. The molecule has 2 aromatic carbocycles. The van der Waals surface area contributed by atoms with Crippen LogP contribution in [0.5, 0.6) is 0 Å². The SMILES string of the molecule is O=C(Nc1ccc(CNc2ccc(C(=O)Nc3nncs3)cn2)cc1)c1ccc(F)cc1. The first-order valence-corrected chi connectivity index (χ1v) is 10.4. The van der Waals surface area contributed by atoms with E-state index in [0.29, 0.717) is 34.3 Å². The molecule has 2 heterocycles. The van der Waals surface area contributed by atoms with Gasteiger partial charge in [0.1, 0.15) is 17.1 Å². The smallest absolute Gasteiger partial charge is 0.259 e. The van der Waals surface area contributed by atoms with Gasteiger partial charge in [0.15, 0.2) is 0 Å². The average molecular weight is 448 g/mol. The molecular formula is C22H17FN6O2S. The molecule has 10 heteroatoms. The van der Waals surface area contributed by atoms with E-state index in [4.69, 9.17) is 0 Å². The minimum atomic E-state index is -0.390. The standard InChI is InChI=1S/C22H17FN6O2S/c23-17-6-3-15(4-7-17)20(30)27-18-8-1-14(2-9-18)11-24-19-10-5-16(12-25-19)21(31)28-22-29-26-13-32-22/h1-10,12-13H,11H2,(H,24,25)(H,27,30)(H,28,29,31). The summed E-state index contributed by atoms with van der Waals surface area (Å²) in [6.45, 7) is 0.509. The second-order valence-electron chi connectivity index (χ2n) is 6.64. The highest BCUT2D eigenvalue weighted by atomic mass is 32.1. The van der Waals surface area contributed by atoms with Crippen LogP contribution < -0.4 is 16.0 Å². The van der Waals surface area contributed by atoms with Crippen LogP contribution in [0, 0.1) is 5.82 Å². The Morgan fingerprint density at radius 1 is 0.875 bits per heavy atom. The third kappa shape index (κ3) is 5.49. The Labute approximate surface area is 186 Å². The minimum Gasteiger partial charge on any atom is -0.366 e. The Hall–Kier alpha value is -4.18. The van der Waals surface area contributed by atoms with Gasteiger partial charge in [-0.25, -0.2) is 9.37 Å². The lowest BCUT2D eigenvalue weighted by atomic mass is 10.1. The van der Waals surface area contributed by atoms with Crippen molar-refractivity contribution in [3.8, 4) is 0 Å². The molecule has 8 nitrogen and oxygen atoms in total. The van der Waals surface area contributed by atoms with Gasteiger partial charge in [-0.2, -0.15) is 0 Å². The van der Waals surface area contributed by atoms with E-state index in [9.17, 15) is 14.0 Å². The van der Waals surface area contributed by atoms with E-state index in [1.807, 2.05) is 12.1 Å². The van der Waals surface area contributed by atoms with Crippen molar-refractivity contribution >= 4 is 39.8 Å². The van der Waals surface area contributed by atoms with Gasteiger partial charge in [-0.1, -0.05) is 23.5 Å². The maximum atomic E-state index is 13.0. The number of nitrogens with one attached hydrogen (secondary N) is 3. The van der Waals surface area contributed by atoms with E-state index in [-0.39, 0.29) is 17.6 Å². The molecule has 0 aliphatic rings. The van der Waals surface area contributed by atoms with Crippen molar-refractivity contribution in [2.45, 2.75) is 6.54 Å². The van der Waals surface area contributed by atoms with Gasteiger partial charge >= 0.3 is 0 Å². The van der Waals surface area contributed by atoms with Crippen molar-refractivity contribution in [2.75, 3.05) is 16.0 Å². The zero-order chi connectivity index (χ0) is 22.3. The molecule has 0 unspecified atom stereocenters. The van der Waals surface area contributed by atoms with E-state index in [1.165, 1.54) is 47.3 Å². The lowest BCUT2D eigenvalue weighted by molar-refractivity contribution is 0.101. The molecule has 0 atom stereocenters. The summed E-state index contributed by atoms with van der Waals surface area (Å²) in [7, 11) is 0. The van der Waals surface area contributed by atoms with E-state index in [0.717, 1.165) is 5.56 Å². The number of aromatic nitrogens is 3. The van der Waals surface area contributed by atoms with Crippen LogP contribution in [0.15, 0.2) is 72.4 Å². The lowest BCUT2D eigenvalue weighted by Crippen LogP contribution is -2.12. The van der Waals surface area contributed by atoms with Crippen LogP contribution in [0.4, 0.5) is 21.0 Å². The highest BCUT2D eigenvalue weighted by Gasteiger charge is 2.09. The van der Waals surface area contributed by atoms with Crippen molar-refractivity contribution in [3.05, 3.63) is 94.9 Å². The number of rotatable bonds is 7. The summed E-state index contributed by atoms with van der Waals surface area (Å²) in [6.07, 6.45) is 1.48. The third-order valence-corrected chi connectivity index (χ3v) is 5.00. The number of carbonyl (C=O) groups excluding carboxylic acids is 2. The van der Waals surface area contributed by atoms with Crippen LogP contribution >= 0.6 is 11.3 Å². The molecule has 32 heavy (non-hydrogen) atoms. The molecule has 0 fully saturated rings. The minimum absolute atomic E-state index is 0.306. The molecule has 0 saturated heterocycles. The normalized spacial score (nSPS) is 10.4. The van der Waals surface area contributed by atoms with E-state index in [1.54, 1.807) is 24.3 Å².